The Labute approximate surface area is 171 Å². The zero-order valence-corrected chi connectivity index (χ0v) is 17.6. The highest BCUT2D eigenvalue weighted by Crippen LogP contribution is 2.29. The summed E-state index contributed by atoms with van der Waals surface area (Å²) in [5.74, 6) is 1.64. The van der Waals surface area contributed by atoms with Crippen LogP contribution < -0.4 is 4.90 Å². The van der Waals surface area contributed by atoms with Gasteiger partial charge in [-0.3, -0.25) is 9.69 Å². The Bertz CT molecular complexity index is 836. The number of piperidine rings is 1. The Morgan fingerprint density at radius 2 is 2.07 bits per heavy atom. The lowest BCUT2D eigenvalue weighted by molar-refractivity contribution is -0.120. The van der Waals surface area contributed by atoms with Gasteiger partial charge in [0.05, 0.1) is 6.54 Å². The second-order valence-electron chi connectivity index (χ2n) is 7.64. The van der Waals surface area contributed by atoms with Gasteiger partial charge in [0.15, 0.2) is 5.16 Å². The first-order valence-corrected chi connectivity index (χ1v) is 11.5. The van der Waals surface area contributed by atoms with Crippen molar-refractivity contribution in [3.63, 3.8) is 0 Å². The predicted molar refractivity (Wildman–Crippen MR) is 113 cm³/mol. The van der Waals surface area contributed by atoms with Gasteiger partial charge in [-0.15, -0.1) is 10.2 Å². The fraction of sp³-hybridized carbons (Fsp3) is 0.571. The van der Waals surface area contributed by atoms with Crippen LogP contribution >= 0.6 is 11.8 Å². The number of carbonyl (C=O) groups excluding carboxylic acids is 1. The smallest absolute Gasteiger partial charge is 0.241 e. The minimum Gasteiger partial charge on any atom is -0.311 e. The van der Waals surface area contributed by atoms with Crippen molar-refractivity contribution < 1.29 is 4.79 Å². The third-order valence-corrected chi connectivity index (χ3v) is 6.55. The molecule has 1 fully saturated rings. The van der Waals surface area contributed by atoms with Gasteiger partial charge in [0, 0.05) is 31.2 Å². The molecule has 0 aliphatic carbocycles. The lowest BCUT2D eigenvalue weighted by atomic mass is 9.97. The number of thioether (sulfide) groups is 1. The monoisotopic (exact) mass is 399 g/mol. The van der Waals surface area contributed by atoms with Gasteiger partial charge in [0.25, 0.3) is 0 Å². The molecule has 0 radical (unpaired) electrons. The number of carbonyl (C=O) groups is 1. The molecule has 1 saturated heterocycles. The molecule has 4 rings (SSSR count). The number of aryl methyl sites for hydroxylation is 1. The molecule has 150 valence electrons. The van der Waals surface area contributed by atoms with Gasteiger partial charge >= 0.3 is 0 Å². The normalized spacial score (nSPS) is 20.2. The van der Waals surface area contributed by atoms with Crippen LogP contribution in [0.15, 0.2) is 29.4 Å². The van der Waals surface area contributed by atoms with Crippen LogP contribution in [0.25, 0.3) is 0 Å². The molecule has 6 nitrogen and oxygen atoms in total. The minimum atomic E-state index is 0.217. The van der Waals surface area contributed by atoms with Crippen molar-refractivity contribution in [2.75, 3.05) is 37.3 Å². The molecule has 2 aliphatic heterocycles. The fourth-order valence-corrected chi connectivity index (χ4v) is 5.09. The lowest BCUT2D eigenvalue weighted by Gasteiger charge is -2.35. The quantitative estimate of drug-likeness (QED) is 0.723. The van der Waals surface area contributed by atoms with Crippen molar-refractivity contribution in [2.45, 2.75) is 50.2 Å². The van der Waals surface area contributed by atoms with E-state index in [4.69, 9.17) is 0 Å². The summed E-state index contributed by atoms with van der Waals surface area (Å²) in [6.07, 6.45) is 6.37. The third kappa shape index (κ3) is 3.82. The molecule has 2 aliphatic rings. The molecule has 3 heterocycles. The largest absolute Gasteiger partial charge is 0.311 e. The van der Waals surface area contributed by atoms with E-state index in [2.05, 4.69) is 44.8 Å². The number of hydrogen-bond acceptors (Lipinski definition) is 5. The van der Waals surface area contributed by atoms with Crippen LogP contribution in [0.2, 0.25) is 0 Å². The van der Waals surface area contributed by atoms with Crippen LogP contribution in [-0.4, -0.2) is 58.0 Å². The molecule has 0 saturated carbocycles. The maximum absolute atomic E-state index is 13.1. The molecule has 1 aromatic heterocycles. The first kappa shape index (κ1) is 19.5. The standard InChI is InChI=1S/C21H29N5OS/c1-3-25-20(22-23-21(25)28-2)17-10-6-12-24(14-17)15-19(27)26-13-7-9-16-8-4-5-11-18(16)26/h4-5,8,11,17H,3,6-7,9-10,12-15H2,1-2H3. The van der Waals surface area contributed by atoms with Gasteiger partial charge in [-0.05, 0) is 57.0 Å². The van der Waals surface area contributed by atoms with Crippen molar-refractivity contribution >= 4 is 23.4 Å². The number of likely N-dealkylation sites (tertiary alicyclic amines) is 1. The number of aromatic nitrogens is 3. The molecule has 1 unspecified atom stereocenters. The molecule has 0 bridgehead atoms. The van der Waals surface area contributed by atoms with E-state index in [1.165, 1.54) is 5.56 Å². The molecule has 1 aromatic carbocycles. The van der Waals surface area contributed by atoms with Gasteiger partial charge < -0.3 is 9.47 Å². The van der Waals surface area contributed by atoms with E-state index < -0.39 is 0 Å². The summed E-state index contributed by atoms with van der Waals surface area (Å²) in [6.45, 7) is 6.21. The summed E-state index contributed by atoms with van der Waals surface area (Å²) in [6, 6.07) is 8.32. The van der Waals surface area contributed by atoms with Crippen LogP contribution in [0.5, 0.6) is 0 Å². The van der Waals surface area contributed by atoms with Gasteiger partial charge in [-0.1, -0.05) is 30.0 Å². The van der Waals surface area contributed by atoms with Crippen molar-refractivity contribution in [3.8, 4) is 0 Å². The Kier molecular flexibility index (Phi) is 6.01. The second-order valence-corrected chi connectivity index (χ2v) is 8.41. The number of benzene rings is 1. The number of para-hydroxylation sites is 1. The van der Waals surface area contributed by atoms with E-state index in [-0.39, 0.29) is 5.91 Å². The van der Waals surface area contributed by atoms with Gasteiger partial charge in [-0.2, -0.15) is 0 Å². The van der Waals surface area contributed by atoms with Crippen molar-refractivity contribution in [3.05, 3.63) is 35.7 Å². The summed E-state index contributed by atoms with van der Waals surface area (Å²) >= 11 is 1.64. The number of anilines is 1. The molecular formula is C21H29N5OS. The molecular weight excluding hydrogens is 370 g/mol. The van der Waals surface area contributed by atoms with Crippen LogP contribution in [-0.2, 0) is 17.8 Å². The maximum atomic E-state index is 13.1. The second kappa shape index (κ2) is 8.66. The Morgan fingerprint density at radius 3 is 2.89 bits per heavy atom. The van der Waals surface area contributed by atoms with E-state index in [0.717, 1.165) is 68.5 Å². The van der Waals surface area contributed by atoms with Crippen LogP contribution in [0.4, 0.5) is 5.69 Å². The minimum absolute atomic E-state index is 0.217. The molecule has 0 N–H and O–H groups in total. The van der Waals surface area contributed by atoms with Crippen LogP contribution in [0, 0.1) is 0 Å². The first-order valence-electron chi connectivity index (χ1n) is 10.3. The number of amides is 1. The van der Waals surface area contributed by atoms with E-state index in [1.54, 1.807) is 11.8 Å². The van der Waals surface area contributed by atoms with E-state index >= 15 is 0 Å². The highest BCUT2D eigenvalue weighted by molar-refractivity contribution is 7.98. The number of hydrogen-bond donors (Lipinski definition) is 0. The van der Waals surface area contributed by atoms with Crippen molar-refractivity contribution in [2.24, 2.45) is 0 Å². The van der Waals surface area contributed by atoms with Gasteiger partial charge in [-0.25, -0.2) is 0 Å². The summed E-state index contributed by atoms with van der Waals surface area (Å²) in [5, 5.41) is 9.81. The average Bonchev–Trinajstić information content (AvgIpc) is 3.16. The molecule has 7 heteroatoms. The predicted octanol–water partition coefficient (Wildman–Crippen LogP) is 3.18. The highest BCUT2D eigenvalue weighted by Gasteiger charge is 2.29. The van der Waals surface area contributed by atoms with Crippen LogP contribution in [0.3, 0.4) is 0 Å². The summed E-state index contributed by atoms with van der Waals surface area (Å²) < 4.78 is 2.22. The van der Waals surface area contributed by atoms with Crippen molar-refractivity contribution in [1.82, 2.24) is 19.7 Å². The fourth-order valence-electron chi connectivity index (χ4n) is 4.53. The summed E-state index contributed by atoms with van der Waals surface area (Å²) in [5.41, 5.74) is 2.39. The molecule has 0 spiro atoms. The third-order valence-electron chi connectivity index (χ3n) is 5.89. The average molecular weight is 400 g/mol. The van der Waals surface area contributed by atoms with Crippen LogP contribution in [0.1, 0.15) is 43.5 Å². The van der Waals surface area contributed by atoms with Gasteiger partial charge in [0.2, 0.25) is 5.91 Å². The van der Waals surface area contributed by atoms with E-state index in [0.29, 0.717) is 12.5 Å². The zero-order chi connectivity index (χ0) is 19.5. The SMILES string of the molecule is CCn1c(SC)nnc1C1CCCN(CC(=O)N2CCCc3ccccc32)C1. The first-order chi connectivity index (χ1) is 13.7. The molecule has 1 amide bonds. The summed E-state index contributed by atoms with van der Waals surface area (Å²) in [4.78, 5) is 17.4. The Morgan fingerprint density at radius 1 is 1.21 bits per heavy atom. The number of fused-ring (bicyclic) bond motifs is 1. The summed E-state index contributed by atoms with van der Waals surface area (Å²) in [7, 11) is 0. The van der Waals surface area contributed by atoms with E-state index in [1.807, 2.05) is 17.2 Å². The number of rotatable bonds is 5. The van der Waals surface area contributed by atoms with Gasteiger partial charge in [0.1, 0.15) is 5.82 Å². The maximum Gasteiger partial charge on any atom is 0.241 e. The lowest BCUT2D eigenvalue weighted by Crippen LogP contribution is -2.45. The molecule has 28 heavy (non-hydrogen) atoms. The highest BCUT2D eigenvalue weighted by atomic mass is 32.2. The van der Waals surface area contributed by atoms with Crippen molar-refractivity contribution in [1.29, 1.82) is 0 Å². The topological polar surface area (TPSA) is 54.3 Å². The molecule has 1 atom stereocenters. The Hall–Kier alpha value is -1.86. The number of nitrogens with zero attached hydrogens (tertiary/aromatic N) is 5. The molecule has 2 aromatic rings. The zero-order valence-electron chi connectivity index (χ0n) is 16.8. The van der Waals surface area contributed by atoms with E-state index in [9.17, 15) is 4.79 Å². The Balaban J connectivity index is 1.45.